The van der Waals surface area contributed by atoms with Crippen LogP contribution in [0.2, 0.25) is 0 Å². The van der Waals surface area contributed by atoms with Crippen LogP contribution in [0.25, 0.3) is 0 Å². The van der Waals surface area contributed by atoms with Crippen LogP contribution in [0, 0.1) is 0 Å². The number of nitrogen functional groups attached to an aromatic ring is 1. The number of β-lactam (4-membered cyclic amide) rings is 1. The highest BCUT2D eigenvalue weighted by molar-refractivity contribution is 8.01. The quantitative estimate of drug-likeness (QED) is 0.113. The van der Waals surface area contributed by atoms with Gasteiger partial charge in [0.15, 0.2) is 10.8 Å². The number of anilines is 1. The number of amides is 2. The molecule has 0 aliphatic carbocycles. The fourth-order valence-corrected chi connectivity index (χ4v) is 5.85. The summed E-state index contributed by atoms with van der Waals surface area (Å²) < 4.78 is 0. The zero-order valence-electron chi connectivity index (χ0n) is 15.4. The molecule has 2 aliphatic rings. The Balaban J connectivity index is 1.48. The molecule has 31 heavy (non-hydrogen) atoms. The number of aromatic nitrogens is 4. The molecular weight excluding hydrogens is 468 g/mol. The fraction of sp³-hybridized carbons (Fsp3) is 0.267. The summed E-state index contributed by atoms with van der Waals surface area (Å²) in [7, 11) is 0. The van der Waals surface area contributed by atoms with Crippen molar-refractivity contribution in [3.05, 3.63) is 28.5 Å². The molecule has 162 valence electrons. The zero-order valence-corrected chi connectivity index (χ0v) is 17.8. The third-order valence-corrected chi connectivity index (χ3v) is 7.40. The van der Waals surface area contributed by atoms with E-state index in [0.29, 0.717) is 22.1 Å². The highest BCUT2D eigenvalue weighted by Crippen LogP contribution is 2.41. The Bertz CT molecular complexity index is 1100. The van der Waals surface area contributed by atoms with Crippen LogP contribution in [0.5, 0.6) is 0 Å². The second kappa shape index (κ2) is 8.56. The van der Waals surface area contributed by atoms with Gasteiger partial charge in [-0.2, -0.15) is 10.3 Å². The maximum atomic E-state index is 12.7. The summed E-state index contributed by atoms with van der Waals surface area (Å²) in [6.45, 7) is 0. The van der Waals surface area contributed by atoms with E-state index in [1.807, 2.05) is 0 Å². The number of fused-ring (bicyclic) bond motifs is 1. The number of aliphatic carboxylic acids is 1. The summed E-state index contributed by atoms with van der Waals surface area (Å²) in [5.74, 6) is -1.94. The number of hydrogen-bond donors (Lipinski definition) is 5. The van der Waals surface area contributed by atoms with Crippen molar-refractivity contribution in [1.82, 2.24) is 30.6 Å². The summed E-state index contributed by atoms with van der Waals surface area (Å²) in [5, 5.41) is 36.0. The first-order valence-electron chi connectivity index (χ1n) is 8.53. The Hall–Kier alpha value is -3.11. The largest absolute Gasteiger partial charge is 0.477 e. The van der Waals surface area contributed by atoms with E-state index in [9.17, 15) is 24.7 Å². The van der Waals surface area contributed by atoms with Gasteiger partial charge < -0.3 is 21.4 Å². The number of aromatic amines is 1. The van der Waals surface area contributed by atoms with Crippen molar-refractivity contribution in [3.63, 3.8) is 0 Å². The van der Waals surface area contributed by atoms with Crippen molar-refractivity contribution < 1.29 is 24.7 Å². The Labute approximate surface area is 186 Å². The Kier molecular flexibility index (Phi) is 5.84. The van der Waals surface area contributed by atoms with E-state index in [0.717, 1.165) is 16.2 Å². The highest BCUT2D eigenvalue weighted by atomic mass is 32.2. The molecule has 2 aliphatic heterocycles. The lowest BCUT2D eigenvalue weighted by Gasteiger charge is -2.49. The van der Waals surface area contributed by atoms with Gasteiger partial charge >= 0.3 is 5.97 Å². The van der Waals surface area contributed by atoms with Crippen molar-refractivity contribution in [2.75, 3.05) is 17.2 Å². The number of nitrogens with one attached hydrogen (secondary N) is 2. The summed E-state index contributed by atoms with van der Waals surface area (Å²) in [5.41, 5.74) is 5.68. The van der Waals surface area contributed by atoms with Crippen LogP contribution in [0.1, 0.15) is 5.69 Å². The van der Waals surface area contributed by atoms with Crippen molar-refractivity contribution >= 4 is 63.5 Å². The van der Waals surface area contributed by atoms with Crippen LogP contribution >= 0.6 is 34.9 Å². The summed E-state index contributed by atoms with van der Waals surface area (Å²) >= 11 is 3.68. The number of H-pyrrole nitrogens is 1. The van der Waals surface area contributed by atoms with Gasteiger partial charge in [-0.15, -0.1) is 28.2 Å². The zero-order chi connectivity index (χ0) is 22.1. The normalized spacial score (nSPS) is 21.0. The number of carbonyl (C=O) groups is 3. The summed E-state index contributed by atoms with van der Waals surface area (Å²) in [6.07, 6.45) is 1.51. The molecule has 0 bridgehead atoms. The van der Waals surface area contributed by atoms with Gasteiger partial charge in [0, 0.05) is 16.9 Å². The third-order valence-electron chi connectivity index (χ3n) is 4.40. The molecular formula is C15H14N8O5S3. The van der Waals surface area contributed by atoms with Gasteiger partial charge in [0.25, 0.3) is 11.8 Å². The fourth-order valence-electron chi connectivity index (χ4n) is 3.03. The lowest BCUT2D eigenvalue weighted by Crippen LogP contribution is -2.71. The molecule has 2 aromatic heterocycles. The van der Waals surface area contributed by atoms with E-state index >= 15 is 0 Å². The first-order valence-corrected chi connectivity index (χ1v) is 11.4. The number of carboxylic acid groups (broad SMARTS) is 1. The van der Waals surface area contributed by atoms with Gasteiger partial charge in [0.05, 0.1) is 6.20 Å². The van der Waals surface area contributed by atoms with E-state index in [2.05, 4.69) is 30.9 Å². The highest BCUT2D eigenvalue weighted by Gasteiger charge is 2.54. The summed E-state index contributed by atoms with van der Waals surface area (Å²) in [6, 6.07) is -0.968. The molecule has 4 rings (SSSR count). The van der Waals surface area contributed by atoms with E-state index in [1.54, 1.807) is 0 Å². The average molecular weight is 483 g/mol. The number of thiazole rings is 1. The molecule has 2 amide bonds. The van der Waals surface area contributed by atoms with Crippen molar-refractivity contribution in [2.24, 2.45) is 5.16 Å². The van der Waals surface area contributed by atoms with Crippen LogP contribution in [-0.2, 0) is 14.4 Å². The molecule has 6 N–H and O–H groups in total. The molecule has 1 saturated heterocycles. The molecule has 16 heteroatoms. The third kappa shape index (κ3) is 3.96. The smallest absolute Gasteiger partial charge is 0.352 e. The molecule has 0 aromatic carbocycles. The monoisotopic (exact) mass is 482 g/mol. The topological polar surface area (TPSA) is 200 Å². The predicted octanol–water partition coefficient (Wildman–Crippen LogP) is -0.447. The van der Waals surface area contributed by atoms with Crippen LogP contribution in [0.4, 0.5) is 5.13 Å². The van der Waals surface area contributed by atoms with E-state index < -0.39 is 34.9 Å². The lowest BCUT2D eigenvalue weighted by molar-refractivity contribution is -0.150. The maximum absolute atomic E-state index is 12.7. The molecule has 0 radical (unpaired) electrons. The van der Waals surface area contributed by atoms with Gasteiger partial charge in [0.2, 0.25) is 0 Å². The molecule has 2 aromatic rings. The van der Waals surface area contributed by atoms with Crippen LogP contribution in [0.15, 0.2) is 33.0 Å². The standard InChI is InChI=1S/C15H14N8O5S3/c16-15-18-6(4-31-15)8(21-28)11(24)19-9-12(25)23-10(14(26)27)5(3-30-13(9)23)2-29-7-1-17-22-20-7/h1,4,9,13,28H,2-3H2,(H2,16,18)(H,19,24)(H,26,27)(H,17,20,22)/t9?,13-/m1/s1. The van der Waals surface area contributed by atoms with E-state index in [4.69, 9.17) is 5.73 Å². The van der Waals surface area contributed by atoms with Gasteiger partial charge in [-0.1, -0.05) is 16.9 Å². The van der Waals surface area contributed by atoms with E-state index in [1.165, 1.54) is 35.1 Å². The summed E-state index contributed by atoms with van der Waals surface area (Å²) in [4.78, 5) is 42.1. The van der Waals surface area contributed by atoms with Crippen LogP contribution in [-0.4, -0.2) is 82.0 Å². The SMILES string of the molecule is Nc1nc(C(=NO)C(=O)NC2C(=O)N3C(C(=O)O)=C(CSc4cn[nH]n4)CS[C@H]23)cs1. The first kappa shape index (κ1) is 21.1. The Morgan fingerprint density at radius 2 is 2.29 bits per heavy atom. The number of nitrogens with two attached hydrogens (primary N) is 1. The molecule has 0 spiro atoms. The molecule has 0 saturated carbocycles. The molecule has 4 heterocycles. The van der Waals surface area contributed by atoms with Gasteiger partial charge in [-0.05, 0) is 5.57 Å². The van der Waals surface area contributed by atoms with Crippen molar-refractivity contribution in [3.8, 4) is 0 Å². The number of oxime groups is 1. The molecule has 1 unspecified atom stereocenters. The number of nitrogens with zero attached hydrogens (tertiary/aromatic N) is 5. The number of rotatable bonds is 7. The number of hydrogen-bond acceptors (Lipinski definition) is 12. The molecule has 2 atom stereocenters. The Morgan fingerprint density at radius 1 is 1.48 bits per heavy atom. The van der Waals surface area contributed by atoms with E-state index in [-0.39, 0.29) is 16.5 Å². The predicted molar refractivity (Wildman–Crippen MR) is 112 cm³/mol. The minimum Gasteiger partial charge on any atom is -0.477 e. The minimum atomic E-state index is -1.23. The molecule has 1 fully saturated rings. The minimum absolute atomic E-state index is 0.0701. The van der Waals surface area contributed by atoms with Gasteiger partial charge in [-0.25, -0.2) is 9.78 Å². The van der Waals surface area contributed by atoms with Crippen LogP contribution < -0.4 is 11.1 Å². The maximum Gasteiger partial charge on any atom is 0.352 e. The Morgan fingerprint density at radius 3 is 2.90 bits per heavy atom. The van der Waals surface area contributed by atoms with Crippen LogP contribution in [0.3, 0.4) is 0 Å². The number of carbonyl (C=O) groups excluding carboxylic acids is 2. The van der Waals surface area contributed by atoms with Gasteiger partial charge in [0.1, 0.15) is 27.8 Å². The molecule has 13 nitrogen and oxygen atoms in total. The first-order chi connectivity index (χ1) is 14.9. The number of thioether (sulfide) groups is 2. The van der Waals surface area contributed by atoms with Gasteiger partial charge in [-0.3, -0.25) is 14.5 Å². The van der Waals surface area contributed by atoms with Crippen molar-refractivity contribution in [2.45, 2.75) is 16.4 Å². The second-order valence-corrected chi connectivity index (χ2v) is 9.23. The lowest BCUT2D eigenvalue weighted by atomic mass is 10.0. The number of carboxylic acids is 1. The average Bonchev–Trinajstić information content (AvgIpc) is 3.42. The van der Waals surface area contributed by atoms with Crippen molar-refractivity contribution in [1.29, 1.82) is 0 Å². The second-order valence-electron chi connectivity index (χ2n) is 6.23.